The van der Waals surface area contributed by atoms with Gasteiger partial charge in [-0.1, -0.05) is 39.0 Å². The number of rotatable bonds is 8. The number of aromatic nitrogens is 1. The maximum absolute atomic E-state index is 12.3. The van der Waals surface area contributed by atoms with E-state index in [1.807, 2.05) is 18.2 Å². The zero-order valence-electron chi connectivity index (χ0n) is 15.4. The van der Waals surface area contributed by atoms with E-state index in [-0.39, 0.29) is 29.1 Å². The van der Waals surface area contributed by atoms with Gasteiger partial charge in [-0.3, -0.25) is 9.78 Å². The van der Waals surface area contributed by atoms with Gasteiger partial charge in [0.05, 0.1) is 22.8 Å². The molecule has 1 atom stereocenters. The van der Waals surface area contributed by atoms with Gasteiger partial charge in [0.1, 0.15) is 6.10 Å². The van der Waals surface area contributed by atoms with Gasteiger partial charge in [0.15, 0.2) is 9.84 Å². The molecule has 140 valence electrons. The molecule has 0 fully saturated rings. The van der Waals surface area contributed by atoms with E-state index in [2.05, 4.69) is 18.8 Å². The molecule has 0 aliphatic carbocycles. The number of hydrogen-bond donors (Lipinski definition) is 0. The molecule has 1 aromatic heterocycles. The number of hydrogen-bond acceptors (Lipinski definition) is 5. The van der Waals surface area contributed by atoms with Crippen molar-refractivity contribution < 1.29 is 17.9 Å². The highest BCUT2D eigenvalue weighted by molar-refractivity contribution is 7.91. The maximum atomic E-state index is 12.3. The highest BCUT2D eigenvalue weighted by Gasteiger charge is 2.20. The van der Waals surface area contributed by atoms with Gasteiger partial charge in [0, 0.05) is 6.20 Å². The van der Waals surface area contributed by atoms with Crippen LogP contribution in [0, 0.1) is 5.92 Å². The molecule has 2 aromatic rings. The molecule has 26 heavy (non-hydrogen) atoms. The number of sulfone groups is 1. The number of carbonyl (C=O) groups is 1. The Morgan fingerprint density at radius 3 is 2.35 bits per heavy atom. The Kier molecular flexibility index (Phi) is 6.91. The normalized spacial score (nSPS) is 12.8. The Morgan fingerprint density at radius 2 is 1.81 bits per heavy atom. The summed E-state index contributed by atoms with van der Waals surface area (Å²) >= 11 is 0. The van der Waals surface area contributed by atoms with Crippen molar-refractivity contribution in [1.82, 2.24) is 4.98 Å². The third-order valence-electron chi connectivity index (χ3n) is 3.99. The summed E-state index contributed by atoms with van der Waals surface area (Å²) < 4.78 is 29.3. The molecule has 0 aliphatic heterocycles. The van der Waals surface area contributed by atoms with Crippen molar-refractivity contribution in [2.24, 2.45) is 5.92 Å². The van der Waals surface area contributed by atoms with E-state index in [0.717, 1.165) is 11.3 Å². The third-order valence-corrected chi connectivity index (χ3v) is 5.74. The van der Waals surface area contributed by atoms with Crippen LogP contribution in [-0.2, 0) is 25.8 Å². The molecule has 0 spiro atoms. The number of ether oxygens (including phenoxy) is 1. The van der Waals surface area contributed by atoms with Gasteiger partial charge >= 0.3 is 5.97 Å². The molecule has 2 rings (SSSR count). The molecule has 0 saturated heterocycles. The SMILES string of the molecule is CCS(=O)(=O)c1ccc(CC(=O)OC(CC(C)C)c2ccccn2)cc1. The van der Waals surface area contributed by atoms with Gasteiger partial charge < -0.3 is 4.74 Å². The molecule has 0 amide bonds. The molecule has 5 nitrogen and oxygen atoms in total. The van der Waals surface area contributed by atoms with Gasteiger partial charge in [-0.05, 0) is 42.2 Å². The lowest BCUT2D eigenvalue weighted by Gasteiger charge is -2.19. The minimum Gasteiger partial charge on any atom is -0.456 e. The van der Waals surface area contributed by atoms with Crippen LogP contribution in [0.2, 0.25) is 0 Å². The summed E-state index contributed by atoms with van der Waals surface area (Å²) in [5, 5.41) is 0. The lowest BCUT2D eigenvalue weighted by Crippen LogP contribution is -2.16. The van der Waals surface area contributed by atoms with Crippen molar-refractivity contribution in [3.8, 4) is 0 Å². The fraction of sp³-hybridized carbons (Fsp3) is 0.400. The van der Waals surface area contributed by atoms with E-state index in [9.17, 15) is 13.2 Å². The van der Waals surface area contributed by atoms with E-state index in [1.165, 1.54) is 12.1 Å². The van der Waals surface area contributed by atoms with Crippen molar-refractivity contribution in [1.29, 1.82) is 0 Å². The summed E-state index contributed by atoms with van der Waals surface area (Å²) in [5.41, 5.74) is 1.45. The number of benzene rings is 1. The van der Waals surface area contributed by atoms with Gasteiger partial charge in [0.2, 0.25) is 0 Å². The first-order valence-electron chi connectivity index (χ1n) is 8.74. The van der Waals surface area contributed by atoms with Gasteiger partial charge in [-0.15, -0.1) is 0 Å². The first-order valence-corrected chi connectivity index (χ1v) is 10.4. The maximum Gasteiger partial charge on any atom is 0.310 e. The smallest absolute Gasteiger partial charge is 0.310 e. The lowest BCUT2D eigenvalue weighted by molar-refractivity contribution is -0.149. The second kappa shape index (κ2) is 8.94. The monoisotopic (exact) mass is 375 g/mol. The van der Waals surface area contributed by atoms with Crippen LogP contribution in [0.25, 0.3) is 0 Å². The predicted molar refractivity (Wildman–Crippen MR) is 100 cm³/mol. The molecule has 1 unspecified atom stereocenters. The molecular formula is C20H25NO4S. The van der Waals surface area contributed by atoms with Gasteiger partial charge in [-0.25, -0.2) is 8.42 Å². The first kappa shape index (κ1) is 20.1. The molecule has 1 aromatic carbocycles. The summed E-state index contributed by atoms with van der Waals surface area (Å²) in [4.78, 5) is 16.9. The van der Waals surface area contributed by atoms with E-state index in [1.54, 1.807) is 25.3 Å². The zero-order valence-corrected chi connectivity index (χ0v) is 16.2. The number of carbonyl (C=O) groups excluding carboxylic acids is 1. The second-order valence-electron chi connectivity index (χ2n) is 6.59. The van der Waals surface area contributed by atoms with E-state index >= 15 is 0 Å². The second-order valence-corrected chi connectivity index (χ2v) is 8.87. The van der Waals surface area contributed by atoms with Crippen molar-refractivity contribution in [2.75, 3.05) is 5.75 Å². The topological polar surface area (TPSA) is 73.3 Å². The highest BCUT2D eigenvalue weighted by atomic mass is 32.2. The van der Waals surface area contributed by atoms with Crippen LogP contribution >= 0.6 is 0 Å². The summed E-state index contributed by atoms with van der Waals surface area (Å²) in [6.45, 7) is 5.74. The first-order chi connectivity index (χ1) is 12.3. The van der Waals surface area contributed by atoms with Crippen molar-refractivity contribution in [3.63, 3.8) is 0 Å². The van der Waals surface area contributed by atoms with Crippen molar-refractivity contribution in [2.45, 2.75) is 44.6 Å². The van der Waals surface area contributed by atoms with E-state index in [0.29, 0.717) is 12.3 Å². The Labute approximate surface area is 155 Å². The van der Waals surface area contributed by atoms with Crippen LogP contribution in [0.4, 0.5) is 0 Å². The summed E-state index contributed by atoms with van der Waals surface area (Å²) in [7, 11) is -3.24. The fourth-order valence-electron chi connectivity index (χ4n) is 2.57. The number of esters is 1. The zero-order chi connectivity index (χ0) is 19.2. The molecule has 1 heterocycles. The van der Waals surface area contributed by atoms with Gasteiger partial charge in [-0.2, -0.15) is 0 Å². The van der Waals surface area contributed by atoms with Gasteiger partial charge in [0.25, 0.3) is 0 Å². The number of pyridine rings is 1. The van der Waals surface area contributed by atoms with Crippen LogP contribution < -0.4 is 0 Å². The molecule has 0 N–H and O–H groups in total. The molecule has 6 heteroatoms. The molecule has 0 aliphatic rings. The quantitative estimate of drug-likeness (QED) is 0.657. The van der Waals surface area contributed by atoms with Crippen molar-refractivity contribution in [3.05, 3.63) is 59.9 Å². The van der Waals surface area contributed by atoms with Crippen LogP contribution in [0.15, 0.2) is 53.6 Å². The minimum absolute atomic E-state index is 0.0509. The number of nitrogens with zero attached hydrogens (tertiary/aromatic N) is 1. The van der Waals surface area contributed by atoms with Crippen molar-refractivity contribution >= 4 is 15.8 Å². The largest absolute Gasteiger partial charge is 0.456 e. The minimum atomic E-state index is -3.24. The van der Waals surface area contributed by atoms with Crippen LogP contribution in [0.5, 0.6) is 0 Å². The lowest BCUT2D eigenvalue weighted by atomic mass is 10.0. The Bertz CT molecular complexity index is 815. The third kappa shape index (κ3) is 5.66. The van der Waals surface area contributed by atoms with Crippen LogP contribution in [-0.4, -0.2) is 25.1 Å². The molecule has 0 saturated carbocycles. The Hall–Kier alpha value is -2.21. The molecule has 0 bridgehead atoms. The predicted octanol–water partition coefficient (Wildman–Crippen LogP) is 3.75. The molecular weight excluding hydrogens is 350 g/mol. The standard InChI is InChI=1S/C20H25NO4S/c1-4-26(23,24)17-10-8-16(9-11-17)14-20(22)25-19(13-15(2)3)18-7-5-6-12-21-18/h5-12,15,19H,4,13-14H2,1-3H3. The molecule has 0 radical (unpaired) electrons. The van der Waals surface area contributed by atoms with Crippen LogP contribution in [0.1, 0.15) is 44.6 Å². The summed E-state index contributed by atoms with van der Waals surface area (Å²) in [6.07, 6.45) is 2.08. The summed E-state index contributed by atoms with van der Waals surface area (Å²) in [6, 6.07) is 11.9. The highest BCUT2D eigenvalue weighted by Crippen LogP contribution is 2.24. The average molecular weight is 375 g/mol. The average Bonchev–Trinajstić information content (AvgIpc) is 2.62. The fourth-order valence-corrected chi connectivity index (χ4v) is 3.46. The van der Waals surface area contributed by atoms with Crippen LogP contribution in [0.3, 0.4) is 0 Å². The van der Waals surface area contributed by atoms with E-state index < -0.39 is 9.84 Å². The Balaban J connectivity index is 2.06. The Morgan fingerprint density at radius 1 is 1.12 bits per heavy atom. The van der Waals surface area contributed by atoms with E-state index in [4.69, 9.17) is 4.74 Å². The summed E-state index contributed by atoms with van der Waals surface area (Å²) in [5.74, 6) is 0.0516.